The highest BCUT2D eigenvalue weighted by molar-refractivity contribution is 6.02. The highest BCUT2D eigenvalue weighted by Crippen LogP contribution is 2.31. The van der Waals surface area contributed by atoms with Crippen LogP contribution in [0.2, 0.25) is 0 Å². The van der Waals surface area contributed by atoms with Crippen molar-refractivity contribution in [2.45, 2.75) is 19.8 Å². The maximum atomic E-state index is 11.8. The van der Waals surface area contributed by atoms with Gasteiger partial charge in [-0.3, -0.25) is 4.79 Å². The van der Waals surface area contributed by atoms with E-state index in [2.05, 4.69) is 9.47 Å². The molecule has 6 nitrogen and oxygen atoms in total. The van der Waals surface area contributed by atoms with Crippen LogP contribution in [0.25, 0.3) is 0 Å². The Bertz CT molecular complexity index is 620. The van der Waals surface area contributed by atoms with Crippen LogP contribution < -0.4 is 0 Å². The zero-order chi connectivity index (χ0) is 14.9. The summed E-state index contributed by atoms with van der Waals surface area (Å²) in [7, 11) is 2.48. The number of hydrogen-bond donors (Lipinski definition) is 0. The van der Waals surface area contributed by atoms with Gasteiger partial charge < -0.3 is 13.9 Å². The third kappa shape index (κ3) is 2.24. The summed E-state index contributed by atoms with van der Waals surface area (Å²) in [6, 6.07) is 0. The van der Waals surface area contributed by atoms with Crippen LogP contribution in [-0.2, 0) is 31.9 Å². The first-order chi connectivity index (χ1) is 9.49. The number of ether oxygens (including phenoxy) is 2. The molecule has 0 radical (unpaired) electrons. The lowest BCUT2D eigenvalue weighted by Gasteiger charge is -2.17. The van der Waals surface area contributed by atoms with Gasteiger partial charge in [-0.1, -0.05) is 0 Å². The number of hydrogen-bond acceptors (Lipinski definition) is 6. The molecule has 0 N–H and O–H groups in total. The van der Waals surface area contributed by atoms with Crippen LogP contribution in [0.15, 0.2) is 21.8 Å². The van der Waals surface area contributed by atoms with Crippen LogP contribution in [-0.4, -0.2) is 31.9 Å². The minimum absolute atomic E-state index is 0.123. The molecular weight excluding hydrogens is 264 g/mol. The first-order valence-electron chi connectivity index (χ1n) is 5.98. The third-order valence-electron chi connectivity index (χ3n) is 3.25. The Hall–Kier alpha value is -2.37. The topological polar surface area (TPSA) is 82.8 Å². The molecule has 6 heteroatoms. The van der Waals surface area contributed by atoms with Crippen LogP contribution in [0, 0.1) is 0 Å². The Balaban J connectivity index is 2.49. The van der Waals surface area contributed by atoms with Crippen molar-refractivity contribution in [3.05, 3.63) is 34.3 Å². The molecule has 0 fully saturated rings. The fourth-order valence-electron chi connectivity index (χ4n) is 2.27. The molecule has 1 heterocycles. The molecule has 0 aliphatic heterocycles. The van der Waals surface area contributed by atoms with Crippen molar-refractivity contribution in [1.29, 1.82) is 0 Å². The summed E-state index contributed by atoms with van der Waals surface area (Å²) >= 11 is 0. The second kappa shape index (κ2) is 5.32. The lowest BCUT2D eigenvalue weighted by atomic mass is 9.86. The summed E-state index contributed by atoms with van der Waals surface area (Å²) in [5, 5.41) is 0. The fraction of sp³-hybridized carbons (Fsp3) is 0.357. The second-order valence-electron chi connectivity index (χ2n) is 4.42. The van der Waals surface area contributed by atoms with Crippen molar-refractivity contribution in [3.63, 3.8) is 0 Å². The van der Waals surface area contributed by atoms with Gasteiger partial charge in [-0.05, 0) is 5.56 Å². The first-order valence-corrected chi connectivity index (χ1v) is 5.98. The van der Waals surface area contributed by atoms with E-state index >= 15 is 0 Å². The van der Waals surface area contributed by atoms with Crippen LogP contribution in [0.5, 0.6) is 0 Å². The smallest absolute Gasteiger partial charge is 0.334 e. The van der Waals surface area contributed by atoms with E-state index in [0.29, 0.717) is 11.1 Å². The van der Waals surface area contributed by atoms with E-state index in [1.165, 1.54) is 27.4 Å². The Kier molecular flexibility index (Phi) is 3.74. The van der Waals surface area contributed by atoms with E-state index in [4.69, 9.17) is 4.42 Å². The van der Waals surface area contributed by atoms with Gasteiger partial charge in [0.2, 0.25) is 0 Å². The van der Waals surface area contributed by atoms with E-state index in [1.807, 2.05) is 0 Å². The molecule has 0 atom stereocenters. The van der Waals surface area contributed by atoms with Crippen LogP contribution in [0.4, 0.5) is 0 Å². The van der Waals surface area contributed by atoms with Gasteiger partial charge in [-0.25, -0.2) is 9.59 Å². The average molecular weight is 278 g/mol. The molecule has 0 saturated carbocycles. The van der Waals surface area contributed by atoms with Crippen molar-refractivity contribution in [1.82, 2.24) is 0 Å². The van der Waals surface area contributed by atoms with Gasteiger partial charge in [0.25, 0.3) is 0 Å². The molecule has 106 valence electrons. The van der Waals surface area contributed by atoms with E-state index in [-0.39, 0.29) is 35.5 Å². The highest BCUT2D eigenvalue weighted by Gasteiger charge is 2.32. The highest BCUT2D eigenvalue weighted by atomic mass is 16.5. The lowest BCUT2D eigenvalue weighted by Crippen LogP contribution is -2.22. The number of rotatable bonds is 3. The predicted molar refractivity (Wildman–Crippen MR) is 67.2 cm³/mol. The second-order valence-corrected chi connectivity index (χ2v) is 4.42. The van der Waals surface area contributed by atoms with Crippen LogP contribution in [0.1, 0.15) is 28.6 Å². The van der Waals surface area contributed by atoms with Gasteiger partial charge in [0.05, 0.1) is 31.6 Å². The van der Waals surface area contributed by atoms with Crippen LogP contribution >= 0.6 is 0 Å². The maximum Gasteiger partial charge on any atom is 0.334 e. The Morgan fingerprint density at radius 2 is 1.60 bits per heavy atom. The molecule has 0 saturated heterocycles. The molecule has 0 unspecified atom stereocenters. The minimum atomic E-state index is -0.605. The average Bonchev–Trinajstić information content (AvgIpc) is 2.87. The van der Waals surface area contributed by atoms with Crippen LogP contribution in [0.3, 0.4) is 0 Å². The van der Waals surface area contributed by atoms with Gasteiger partial charge in [0.1, 0.15) is 0 Å². The van der Waals surface area contributed by atoms with Crippen molar-refractivity contribution in [2.24, 2.45) is 0 Å². The SMILES string of the molecule is COC(=O)C1=C(C(=O)OC)Cc2c(coc2C(C)=O)C1. The summed E-state index contributed by atoms with van der Waals surface area (Å²) < 4.78 is 14.6. The van der Waals surface area contributed by atoms with E-state index in [9.17, 15) is 14.4 Å². The summed E-state index contributed by atoms with van der Waals surface area (Å²) in [6.07, 6.45) is 1.74. The predicted octanol–water partition coefficient (Wildman–Crippen LogP) is 1.22. The van der Waals surface area contributed by atoms with Gasteiger partial charge >= 0.3 is 11.9 Å². The molecule has 0 aromatic carbocycles. The molecule has 0 amide bonds. The number of ketones is 1. The number of esters is 2. The van der Waals surface area contributed by atoms with Crippen molar-refractivity contribution < 1.29 is 28.3 Å². The minimum Gasteiger partial charge on any atom is -0.466 e. The molecule has 20 heavy (non-hydrogen) atoms. The monoisotopic (exact) mass is 278 g/mol. The summed E-state index contributed by atoms with van der Waals surface area (Å²) in [5.74, 6) is -1.20. The molecule has 1 aliphatic rings. The number of carbonyl (C=O) groups is 3. The molecule has 1 aromatic heterocycles. The molecular formula is C14H14O6. The van der Waals surface area contributed by atoms with Gasteiger partial charge in [0.15, 0.2) is 11.5 Å². The summed E-state index contributed by atoms with van der Waals surface area (Å²) in [5.41, 5.74) is 1.78. The zero-order valence-corrected chi connectivity index (χ0v) is 11.4. The lowest BCUT2D eigenvalue weighted by molar-refractivity contribution is -0.139. The number of carbonyl (C=O) groups excluding carboxylic acids is 3. The van der Waals surface area contributed by atoms with Crippen molar-refractivity contribution >= 4 is 17.7 Å². The van der Waals surface area contributed by atoms with E-state index < -0.39 is 11.9 Å². The molecule has 0 spiro atoms. The molecule has 2 rings (SSSR count). The van der Waals surface area contributed by atoms with Gasteiger partial charge in [-0.15, -0.1) is 0 Å². The van der Waals surface area contributed by atoms with Crippen molar-refractivity contribution in [3.8, 4) is 0 Å². The normalized spacial score (nSPS) is 13.8. The van der Waals surface area contributed by atoms with E-state index in [0.717, 1.165) is 0 Å². The molecule has 1 aromatic rings. The standard InChI is InChI=1S/C14H14O6/c1-7(15)12-9-5-11(14(17)19-3)10(13(16)18-2)4-8(9)6-20-12/h6H,4-5H2,1-3H3. The van der Waals surface area contributed by atoms with Gasteiger partial charge in [0, 0.05) is 25.3 Å². The number of fused-ring (bicyclic) bond motifs is 1. The summed E-state index contributed by atoms with van der Waals surface area (Å²) in [6.45, 7) is 1.39. The first kappa shape index (κ1) is 14.0. The number of Topliss-reactive ketones (excluding diaryl/α,β-unsaturated/α-hetero) is 1. The van der Waals surface area contributed by atoms with E-state index in [1.54, 1.807) is 0 Å². The third-order valence-corrected chi connectivity index (χ3v) is 3.25. The molecule has 0 bridgehead atoms. The maximum absolute atomic E-state index is 11.8. The fourth-order valence-corrected chi connectivity index (χ4v) is 2.27. The Morgan fingerprint density at radius 3 is 2.10 bits per heavy atom. The van der Waals surface area contributed by atoms with Gasteiger partial charge in [-0.2, -0.15) is 0 Å². The molecule has 1 aliphatic carbocycles. The largest absolute Gasteiger partial charge is 0.466 e. The number of methoxy groups -OCH3 is 2. The number of furan rings is 1. The quantitative estimate of drug-likeness (QED) is 0.610. The Labute approximate surface area is 115 Å². The summed E-state index contributed by atoms with van der Waals surface area (Å²) in [4.78, 5) is 35.0. The Morgan fingerprint density at radius 1 is 1.05 bits per heavy atom. The van der Waals surface area contributed by atoms with Crippen molar-refractivity contribution in [2.75, 3.05) is 14.2 Å². The zero-order valence-electron chi connectivity index (χ0n) is 11.4.